The van der Waals surface area contributed by atoms with Crippen molar-refractivity contribution in [3.05, 3.63) is 18.2 Å². The predicted octanol–water partition coefficient (Wildman–Crippen LogP) is 1.66. The van der Waals surface area contributed by atoms with E-state index in [-0.39, 0.29) is 17.1 Å². The summed E-state index contributed by atoms with van der Waals surface area (Å²) in [5.41, 5.74) is 0. The molecule has 0 bridgehead atoms. The lowest BCUT2D eigenvalue weighted by atomic mass is 10.3. The van der Waals surface area contributed by atoms with E-state index in [9.17, 15) is 8.42 Å². The van der Waals surface area contributed by atoms with Gasteiger partial charge in [0.1, 0.15) is 11.5 Å². The molecule has 0 atom stereocenters. The molecule has 2 N–H and O–H groups in total. The smallest absolute Gasteiger partial charge is 0.238 e. The van der Waals surface area contributed by atoms with Gasteiger partial charge in [0.2, 0.25) is 10.0 Å². The van der Waals surface area contributed by atoms with Crippen LogP contribution in [0.1, 0.15) is 26.7 Å². The highest BCUT2D eigenvalue weighted by Crippen LogP contribution is 2.31. The van der Waals surface area contributed by atoms with E-state index in [1.54, 1.807) is 6.07 Å². The van der Waals surface area contributed by atoms with E-state index in [0.717, 1.165) is 12.8 Å². The number of nitrogens with two attached hydrogens (primary N) is 1. The molecule has 2 rings (SSSR count). The maximum absolute atomic E-state index is 11.4. The second-order valence-electron chi connectivity index (χ2n) is 4.67. The maximum Gasteiger partial charge on any atom is 0.238 e. The van der Waals surface area contributed by atoms with Gasteiger partial charge in [-0.1, -0.05) is 0 Å². The molecular weight excluding hydrogens is 254 g/mol. The Bertz CT molecular complexity index is 513. The Hall–Kier alpha value is -1.27. The molecule has 0 aliphatic heterocycles. The normalized spacial score (nSPS) is 15.8. The second kappa shape index (κ2) is 4.78. The van der Waals surface area contributed by atoms with Crippen molar-refractivity contribution in [3.8, 4) is 11.5 Å². The summed E-state index contributed by atoms with van der Waals surface area (Å²) in [5.74, 6) is 0.937. The molecule has 0 radical (unpaired) electrons. The first kappa shape index (κ1) is 13.2. The molecule has 0 aromatic heterocycles. The number of benzene rings is 1. The third-order valence-electron chi connectivity index (χ3n) is 2.38. The van der Waals surface area contributed by atoms with Crippen molar-refractivity contribution in [2.45, 2.75) is 43.8 Å². The molecule has 0 spiro atoms. The van der Waals surface area contributed by atoms with Crippen molar-refractivity contribution < 1.29 is 17.9 Å². The number of sulfonamides is 1. The number of rotatable bonds is 5. The molecule has 1 saturated carbocycles. The summed E-state index contributed by atoms with van der Waals surface area (Å²) >= 11 is 0. The van der Waals surface area contributed by atoms with E-state index in [2.05, 4.69) is 0 Å². The van der Waals surface area contributed by atoms with Gasteiger partial charge in [0.05, 0.1) is 17.1 Å². The average Bonchev–Trinajstić information content (AvgIpc) is 2.98. The molecule has 100 valence electrons. The van der Waals surface area contributed by atoms with Gasteiger partial charge in [-0.05, 0) is 26.7 Å². The molecule has 18 heavy (non-hydrogen) atoms. The van der Waals surface area contributed by atoms with E-state index in [1.165, 1.54) is 12.1 Å². The van der Waals surface area contributed by atoms with Crippen molar-refractivity contribution in [1.29, 1.82) is 0 Å². The van der Waals surface area contributed by atoms with Gasteiger partial charge in [-0.25, -0.2) is 13.6 Å². The number of hydrogen-bond acceptors (Lipinski definition) is 4. The summed E-state index contributed by atoms with van der Waals surface area (Å²) in [6, 6.07) is 4.53. The number of ether oxygens (including phenoxy) is 2. The topological polar surface area (TPSA) is 78.6 Å². The van der Waals surface area contributed by atoms with Crippen LogP contribution in [0.15, 0.2) is 23.1 Å². The molecule has 1 aliphatic rings. The van der Waals surface area contributed by atoms with Crippen molar-refractivity contribution in [3.63, 3.8) is 0 Å². The SMILES string of the molecule is CC(C)Oc1cc(OC2CC2)cc(S(N)(=O)=O)c1. The monoisotopic (exact) mass is 271 g/mol. The minimum Gasteiger partial charge on any atom is -0.491 e. The number of primary sulfonamides is 1. The van der Waals surface area contributed by atoms with Crippen LogP contribution in [0, 0.1) is 0 Å². The Morgan fingerprint density at radius 3 is 2.33 bits per heavy atom. The molecule has 0 unspecified atom stereocenters. The Kier molecular flexibility index (Phi) is 3.49. The average molecular weight is 271 g/mol. The quantitative estimate of drug-likeness (QED) is 0.883. The summed E-state index contributed by atoms with van der Waals surface area (Å²) in [6.07, 6.45) is 2.14. The lowest BCUT2D eigenvalue weighted by Crippen LogP contribution is -2.13. The van der Waals surface area contributed by atoms with E-state index < -0.39 is 10.0 Å². The number of hydrogen-bond donors (Lipinski definition) is 1. The van der Waals surface area contributed by atoms with Crippen LogP contribution >= 0.6 is 0 Å². The molecule has 0 saturated heterocycles. The summed E-state index contributed by atoms with van der Waals surface area (Å²) in [7, 11) is -3.76. The van der Waals surface area contributed by atoms with Gasteiger partial charge >= 0.3 is 0 Å². The van der Waals surface area contributed by atoms with Crippen LogP contribution in [0.2, 0.25) is 0 Å². The standard InChI is InChI=1S/C12H17NO4S/c1-8(2)16-10-5-11(17-9-3-4-9)7-12(6-10)18(13,14)15/h5-9H,3-4H2,1-2H3,(H2,13,14,15). The van der Waals surface area contributed by atoms with Gasteiger partial charge in [0, 0.05) is 18.2 Å². The van der Waals surface area contributed by atoms with Crippen LogP contribution in [0.3, 0.4) is 0 Å². The van der Waals surface area contributed by atoms with Gasteiger partial charge in [-0.15, -0.1) is 0 Å². The lowest BCUT2D eigenvalue weighted by Gasteiger charge is -2.13. The Labute approximate surface area is 107 Å². The summed E-state index contributed by atoms with van der Waals surface area (Å²) in [4.78, 5) is 0.0105. The molecule has 1 aromatic carbocycles. The van der Waals surface area contributed by atoms with Crippen LogP contribution in [0.25, 0.3) is 0 Å². The van der Waals surface area contributed by atoms with Gasteiger partial charge in [0.15, 0.2) is 0 Å². The van der Waals surface area contributed by atoms with Crippen LogP contribution in [-0.2, 0) is 10.0 Å². The molecule has 0 amide bonds. The molecular formula is C12H17NO4S. The fraction of sp³-hybridized carbons (Fsp3) is 0.500. The van der Waals surface area contributed by atoms with E-state index >= 15 is 0 Å². The van der Waals surface area contributed by atoms with Crippen LogP contribution in [0.5, 0.6) is 11.5 Å². The van der Waals surface area contributed by atoms with Gasteiger partial charge in [-0.3, -0.25) is 0 Å². The fourth-order valence-corrected chi connectivity index (χ4v) is 2.06. The third kappa shape index (κ3) is 3.61. The van der Waals surface area contributed by atoms with Crippen molar-refractivity contribution in [2.75, 3.05) is 0 Å². The van der Waals surface area contributed by atoms with Crippen molar-refractivity contribution in [1.82, 2.24) is 0 Å². The highest BCUT2D eigenvalue weighted by Gasteiger charge is 2.24. The Morgan fingerprint density at radius 1 is 1.22 bits per heavy atom. The van der Waals surface area contributed by atoms with E-state index in [0.29, 0.717) is 11.5 Å². The first-order valence-corrected chi connectivity index (χ1v) is 7.40. The molecule has 1 fully saturated rings. The van der Waals surface area contributed by atoms with Crippen LogP contribution in [0.4, 0.5) is 0 Å². The van der Waals surface area contributed by atoms with Gasteiger partial charge in [0.25, 0.3) is 0 Å². The Balaban J connectivity index is 2.33. The molecule has 1 aromatic rings. The van der Waals surface area contributed by atoms with Crippen LogP contribution < -0.4 is 14.6 Å². The third-order valence-corrected chi connectivity index (χ3v) is 3.27. The highest BCUT2D eigenvalue weighted by molar-refractivity contribution is 7.89. The largest absolute Gasteiger partial charge is 0.491 e. The van der Waals surface area contributed by atoms with Crippen LogP contribution in [-0.4, -0.2) is 20.6 Å². The summed E-state index contributed by atoms with van der Waals surface area (Å²) in [6.45, 7) is 3.73. The minimum absolute atomic E-state index is 0.0105. The summed E-state index contributed by atoms with van der Waals surface area (Å²) < 4.78 is 33.9. The second-order valence-corrected chi connectivity index (χ2v) is 6.23. The van der Waals surface area contributed by atoms with E-state index in [1.807, 2.05) is 13.8 Å². The van der Waals surface area contributed by atoms with Crippen molar-refractivity contribution >= 4 is 10.0 Å². The summed E-state index contributed by atoms with van der Waals surface area (Å²) in [5, 5.41) is 5.13. The molecule has 6 heteroatoms. The molecule has 5 nitrogen and oxygen atoms in total. The lowest BCUT2D eigenvalue weighted by molar-refractivity contribution is 0.238. The first-order chi connectivity index (χ1) is 8.34. The Morgan fingerprint density at radius 2 is 1.83 bits per heavy atom. The zero-order chi connectivity index (χ0) is 13.3. The predicted molar refractivity (Wildman–Crippen MR) is 67.2 cm³/mol. The molecule has 0 heterocycles. The fourth-order valence-electron chi connectivity index (χ4n) is 1.50. The maximum atomic E-state index is 11.4. The highest BCUT2D eigenvalue weighted by atomic mass is 32.2. The zero-order valence-corrected chi connectivity index (χ0v) is 11.2. The zero-order valence-electron chi connectivity index (χ0n) is 10.4. The first-order valence-electron chi connectivity index (χ1n) is 5.86. The van der Waals surface area contributed by atoms with E-state index in [4.69, 9.17) is 14.6 Å². The minimum atomic E-state index is -3.76. The van der Waals surface area contributed by atoms with Gasteiger partial charge < -0.3 is 9.47 Å². The van der Waals surface area contributed by atoms with Gasteiger partial charge in [-0.2, -0.15) is 0 Å². The molecule has 1 aliphatic carbocycles. The van der Waals surface area contributed by atoms with Crippen molar-refractivity contribution in [2.24, 2.45) is 5.14 Å².